The van der Waals surface area contributed by atoms with Crippen molar-refractivity contribution >= 4 is 21.4 Å². The van der Waals surface area contributed by atoms with Gasteiger partial charge in [-0.1, -0.05) is 18.2 Å². The van der Waals surface area contributed by atoms with Gasteiger partial charge in [-0.15, -0.1) is 10.2 Å². The summed E-state index contributed by atoms with van der Waals surface area (Å²) in [4.78, 5) is 14.0. The molecule has 0 saturated heterocycles. The topological polar surface area (TPSA) is 85.2 Å². The molecule has 1 saturated carbocycles. The van der Waals surface area contributed by atoms with Crippen molar-refractivity contribution < 1.29 is 13.2 Å². The molecule has 8 heteroatoms. The van der Waals surface area contributed by atoms with Gasteiger partial charge in [0.25, 0.3) is 0 Å². The van der Waals surface area contributed by atoms with Gasteiger partial charge in [0.1, 0.15) is 11.1 Å². The molecule has 1 fully saturated rings. The molecule has 0 radical (unpaired) electrons. The monoisotopic (exact) mass is 348 g/mol. The SMILES string of the molecule is C[C@H](C(=O)N(C)c1ccccc1)S(=O)(=O)c1nnc(C2CC2)n1C. The van der Waals surface area contributed by atoms with E-state index in [1.54, 1.807) is 38.4 Å². The number of aromatic nitrogens is 3. The summed E-state index contributed by atoms with van der Waals surface area (Å²) in [6.07, 6.45) is 1.99. The second-order valence-corrected chi connectivity index (χ2v) is 8.26. The Balaban J connectivity index is 1.87. The van der Waals surface area contributed by atoms with Crippen LogP contribution >= 0.6 is 0 Å². The molecule has 1 aliphatic carbocycles. The van der Waals surface area contributed by atoms with Crippen molar-refractivity contribution in [3.8, 4) is 0 Å². The second-order valence-electron chi connectivity index (χ2n) is 6.09. The van der Waals surface area contributed by atoms with Crippen LogP contribution in [0, 0.1) is 0 Å². The molecule has 0 N–H and O–H groups in total. The number of para-hydroxylation sites is 1. The fraction of sp³-hybridized carbons (Fsp3) is 0.438. The molecule has 0 bridgehead atoms. The lowest BCUT2D eigenvalue weighted by atomic mass is 10.3. The highest BCUT2D eigenvalue weighted by Gasteiger charge is 2.38. The quantitative estimate of drug-likeness (QED) is 0.818. The Morgan fingerprint density at radius 1 is 1.25 bits per heavy atom. The lowest BCUT2D eigenvalue weighted by molar-refractivity contribution is -0.117. The molecule has 0 aliphatic heterocycles. The highest BCUT2D eigenvalue weighted by atomic mass is 32.2. The molecule has 7 nitrogen and oxygen atoms in total. The van der Waals surface area contributed by atoms with E-state index in [0.717, 1.165) is 12.8 Å². The van der Waals surface area contributed by atoms with Gasteiger partial charge < -0.3 is 9.47 Å². The standard InChI is InChI=1S/C16H20N4O3S/c1-11(15(21)19(2)13-7-5-4-6-8-13)24(22,23)16-18-17-14(20(16)3)12-9-10-12/h4-8,11-12H,9-10H2,1-3H3/t11-/m1/s1. The summed E-state index contributed by atoms with van der Waals surface area (Å²) < 4.78 is 27.1. The highest BCUT2D eigenvalue weighted by Crippen LogP contribution is 2.39. The van der Waals surface area contributed by atoms with Crippen LogP contribution in [0.2, 0.25) is 0 Å². The maximum absolute atomic E-state index is 12.8. The molecule has 1 heterocycles. The minimum atomic E-state index is -3.91. The van der Waals surface area contributed by atoms with E-state index in [-0.39, 0.29) is 11.1 Å². The normalized spacial score (nSPS) is 16.0. The zero-order chi connectivity index (χ0) is 17.5. The molecular formula is C16H20N4O3S. The van der Waals surface area contributed by atoms with Gasteiger partial charge >= 0.3 is 0 Å². The van der Waals surface area contributed by atoms with Crippen LogP contribution in [0.25, 0.3) is 0 Å². The number of hydrogen-bond acceptors (Lipinski definition) is 5. The van der Waals surface area contributed by atoms with Crippen LogP contribution in [-0.2, 0) is 21.7 Å². The van der Waals surface area contributed by atoms with Crippen molar-refractivity contribution in [2.75, 3.05) is 11.9 Å². The van der Waals surface area contributed by atoms with Crippen LogP contribution in [0.4, 0.5) is 5.69 Å². The van der Waals surface area contributed by atoms with Crippen molar-refractivity contribution in [3.63, 3.8) is 0 Å². The molecule has 0 spiro atoms. The van der Waals surface area contributed by atoms with Crippen LogP contribution in [0.5, 0.6) is 0 Å². The number of rotatable bonds is 5. The lowest BCUT2D eigenvalue weighted by Crippen LogP contribution is -2.40. The number of carbonyl (C=O) groups is 1. The number of amides is 1. The van der Waals surface area contributed by atoms with Gasteiger partial charge in [-0.3, -0.25) is 4.79 Å². The number of nitrogens with zero attached hydrogens (tertiary/aromatic N) is 4. The molecule has 128 valence electrons. The maximum atomic E-state index is 12.8. The van der Waals surface area contributed by atoms with Gasteiger partial charge in [-0.25, -0.2) is 8.42 Å². The summed E-state index contributed by atoms with van der Waals surface area (Å²) in [6.45, 7) is 1.39. The van der Waals surface area contributed by atoms with E-state index < -0.39 is 21.0 Å². The summed E-state index contributed by atoms with van der Waals surface area (Å²) in [5.41, 5.74) is 0.640. The van der Waals surface area contributed by atoms with Crippen LogP contribution in [0.3, 0.4) is 0 Å². The third-order valence-electron chi connectivity index (χ3n) is 4.35. The van der Waals surface area contributed by atoms with Gasteiger partial charge in [0.05, 0.1) is 0 Å². The predicted octanol–water partition coefficient (Wildman–Crippen LogP) is 1.52. The number of hydrogen-bond donors (Lipinski definition) is 0. The first-order valence-corrected chi connectivity index (χ1v) is 9.34. The number of anilines is 1. The van der Waals surface area contributed by atoms with E-state index in [0.29, 0.717) is 11.5 Å². The molecule has 3 rings (SSSR count). The van der Waals surface area contributed by atoms with Gasteiger partial charge in [-0.05, 0) is 31.9 Å². The van der Waals surface area contributed by atoms with E-state index in [1.165, 1.54) is 16.4 Å². The third-order valence-corrected chi connectivity index (χ3v) is 6.35. The largest absolute Gasteiger partial charge is 0.314 e. The molecule has 1 amide bonds. The van der Waals surface area contributed by atoms with E-state index in [1.807, 2.05) is 6.07 Å². The Bertz CT molecular complexity index is 857. The zero-order valence-electron chi connectivity index (χ0n) is 13.9. The van der Waals surface area contributed by atoms with E-state index in [4.69, 9.17) is 0 Å². The predicted molar refractivity (Wildman–Crippen MR) is 89.5 cm³/mol. The average Bonchev–Trinajstić information content (AvgIpc) is 3.35. The number of sulfone groups is 1. The lowest BCUT2D eigenvalue weighted by Gasteiger charge is -2.21. The Morgan fingerprint density at radius 3 is 2.46 bits per heavy atom. The Hall–Kier alpha value is -2.22. The minimum Gasteiger partial charge on any atom is -0.314 e. The van der Waals surface area contributed by atoms with Crippen molar-refractivity contribution in [1.29, 1.82) is 0 Å². The van der Waals surface area contributed by atoms with Crippen LogP contribution < -0.4 is 4.90 Å². The molecule has 2 aromatic rings. The highest BCUT2D eigenvalue weighted by molar-refractivity contribution is 7.92. The number of benzene rings is 1. The van der Waals surface area contributed by atoms with E-state index in [9.17, 15) is 13.2 Å². The zero-order valence-corrected chi connectivity index (χ0v) is 14.7. The van der Waals surface area contributed by atoms with Crippen LogP contribution in [0.1, 0.15) is 31.5 Å². The van der Waals surface area contributed by atoms with E-state index in [2.05, 4.69) is 10.2 Å². The number of carbonyl (C=O) groups excluding carboxylic acids is 1. The molecule has 0 unspecified atom stereocenters. The summed E-state index contributed by atoms with van der Waals surface area (Å²) in [6, 6.07) is 8.93. The first-order valence-electron chi connectivity index (χ1n) is 7.80. The van der Waals surface area contributed by atoms with Crippen LogP contribution in [-0.4, -0.2) is 41.4 Å². The summed E-state index contributed by atoms with van der Waals surface area (Å²) in [7, 11) is -0.706. The Morgan fingerprint density at radius 2 is 1.88 bits per heavy atom. The molecule has 24 heavy (non-hydrogen) atoms. The van der Waals surface area contributed by atoms with Gasteiger partial charge in [0.15, 0.2) is 0 Å². The van der Waals surface area contributed by atoms with Crippen molar-refractivity contribution in [1.82, 2.24) is 14.8 Å². The summed E-state index contributed by atoms with van der Waals surface area (Å²) >= 11 is 0. The molecule has 1 aromatic heterocycles. The third kappa shape index (κ3) is 2.82. The summed E-state index contributed by atoms with van der Waals surface area (Å²) in [5.74, 6) is 0.450. The molecule has 1 aromatic carbocycles. The Labute approximate surface area is 141 Å². The van der Waals surface area contributed by atoms with E-state index >= 15 is 0 Å². The van der Waals surface area contributed by atoms with Gasteiger partial charge in [-0.2, -0.15) is 0 Å². The van der Waals surface area contributed by atoms with Crippen molar-refractivity contribution in [2.45, 2.75) is 36.1 Å². The first-order chi connectivity index (χ1) is 11.3. The van der Waals surface area contributed by atoms with Gasteiger partial charge in [0.2, 0.25) is 20.9 Å². The molecule has 1 atom stereocenters. The van der Waals surface area contributed by atoms with Gasteiger partial charge in [0, 0.05) is 25.7 Å². The molecule has 1 aliphatic rings. The molecular weight excluding hydrogens is 328 g/mol. The van der Waals surface area contributed by atoms with Crippen LogP contribution in [0.15, 0.2) is 35.5 Å². The average molecular weight is 348 g/mol. The van der Waals surface area contributed by atoms with Crippen molar-refractivity contribution in [2.24, 2.45) is 7.05 Å². The van der Waals surface area contributed by atoms with Crippen molar-refractivity contribution in [3.05, 3.63) is 36.2 Å². The summed E-state index contributed by atoms with van der Waals surface area (Å²) in [5, 5.41) is 6.45. The minimum absolute atomic E-state index is 0.147. The smallest absolute Gasteiger partial charge is 0.250 e. The Kier molecular flexibility index (Phi) is 4.16. The fourth-order valence-electron chi connectivity index (χ4n) is 2.61. The maximum Gasteiger partial charge on any atom is 0.250 e. The fourth-order valence-corrected chi connectivity index (χ4v) is 3.98. The first kappa shape index (κ1) is 16.6. The second kappa shape index (κ2) is 6.01.